The molecule has 1 aliphatic heterocycles. The summed E-state index contributed by atoms with van der Waals surface area (Å²) in [4.78, 5) is 16.9. The van der Waals surface area contributed by atoms with Crippen LogP contribution in [0, 0.1) is 13.8 Å². The van der Waals surface area contributed by atoms with Crippen molar-refractivity contribution in [3.8, 4) is 0 Å². The van der Waals surface area contributed by atoms with Crippen molar-refractivity contribution in [3.05, 3.63) is 57.2 Å². The molecule has 0 radical (unpaired) electrons. The van der Waals surface area contributed by atoms with E-state index in [1.807, 2.05) is 5.38 Å². The summed E-state index contributed by atoms with van der Waals surface area (Å²) in [6.07, 6.45) is 0.239. The van der Waals surface area contributed by atoms with Gasteiger partial charge in [0.15, 0.2) is 0 Å². The number of carbonyl (C=O) groups is 1. The highest BCUT2D eigenvalue weighted by Crippen LogP contribution is 2.34. The van der Waals surface area contributed by atoms with E-state index in [9.17, 15) is 4.79 Å². The fraction of sp³-hybridized carbons (Fsp3) is 0.316. The van der Waals surface area contributed by atoms with Crippen LogP contribution < -0.4 is 5.32 Å². The predicted molar refractivity (Wildman–Crippen MR) is 111 cm³/mol. The number of thioether (sulfide) groups is 2. The van der Waals surface area contributed by atoms with Crippen molar-refractivity contribution < 1.29 is 9.32 Å². The molecule has 3 aromatic rings. The summed E-state index contributed by atoms with van der Waals surface area (Å²) in [5.74, 6) is 2.93. The van der Waals surface area contributed by atoms with Gasteiger partial charge >= 0.3 is 0 Å². The molecule has 1 aliphatic rings. The number of fused-ring (bicyclic) bond motifs is 1. The standard InChI is InChI=1S/C19H19N3O2S3/c1-11-3-4-12(2)13(5-11)7-26-19-20-14(8-27-19)6-17(23)21-18-15-9-25-10-16(15)22-24-18/h3-5,8H,6-7,9-10H2,1-2H3,(H,21,23). The first-order valence-corrected chi connectivity index (χ1v) is 11.6. The van der Waals surface area contributed by atoms with Crippen molar-refractivity contribution in [2.75, 3.05) is 5.32 Å². The van der Waals surface area contributed by atoms with Crippen LogP contribution >= 0.6 is 34.9 Å². The van der Waals surface area contributed by atoms with Crippen molar-refractivity contribution in [1.82, 2.24) is 10.1 Å². The van der Waals surface area contributed by atoms with E-state index >= 15 is 0 Å². The highest BCUT2D eigenvalue weighted by atomic mass is 32.2. The lowest BCUT2D eigenvalue weighted by Crippen LogP contribution is -2.15. The van der Waals surface area contributed by atoms with Crippen molar-refractivity contribution >= 4 is 46.7 Å². The molecule has 3 heterocycles. The van der Waals surface area contributed by atoms with Gasteiger partial charge in [-0.05, 0) is 25.0 Å². The van der Waals surface area contributed by atoms with Gasteiger partial charge in [0.05, 0.1) is 23.4 Å². The lowest BCUT2D eigenvalue weighted by atomic mass is 10.1. The molecule has 0 fully saturated rings. The number of anilines is 1. The first kappa shape index (κ1) is 18.6. The highest BCUT2D eigenvalue weighted by Gasteiger charge is 2.23. The Labute approximate surface area is 170 Å². The second kappa shape index (κ2) is 8.08. The zero-order valence-corrected chi connectivity index (χ0v) is 17.5. The van der Waals surface area contributed by atoms with E-state index in [0.29, 0.717) is 5.88 Å². The predicted octanol–water partition coefficient (Wildman–Crippen LogP) is 4.97. The summed E-state index contributed by atoms with van der Waals surface area (Å²) in [7, 11) is 0. The number of thiazole rings is 1. The Bertz CT molecular complexity index is 980. The molecular formula is C19H19N3O2S3. The number of aryl methyl sites for hydroxylation is 2. The van der Waals surface area contributed by atoms with E-state index in [-0.39, 0.29) is 12.3 Å². The summed E-state index contributed by atoms with van der Waals surface area (Å²) in [5, 5.41) is 8.78. The largest absolute Gasteiger partial charge is 0.338 e. The van der Waals surface area contributed by atoms with Crippen molar-refractivity contribution in [2.45, 2.75) is 41.9 Å². The summed E-state index contributed by atoms with van der Waals surface area (Å²) in [5.41, 5.74) is 6.62. The van der Waals surface area contributed by atoms with Gasteiger partial charge < -0.3 is 4.52 Å². The third kappa shape index (κ3) is 4.39. The minimum Gasteiger partial charge on any atom is -0.338 e. The Hall–Kier alpha value is -1.77. The number of nitrogens with zero attached hydrogens (tertiary/aromatic N) is 2. The van der Waals surface area contributed by atoms with Crippen LogP contribution in [-0.2, 0) is 28.5 Å². The number of nitrogens with one attached hydrogen (secondary N) is 1. The SMILES string of the molecule is Cc1ccc(C)c(CSc2nc(CC(=O)Nc3onc4c3CSC4)cs2)c1. The van der Waals surface area contributed by atoms with Gasteiger partial charge in [-0.1, -0.05) is 40.7 Å². The number of aromatic nitrogens is 2. The monoisotopic (exact) mass is 417 g/mol. The normalized spacial score (nSPS) is 13.0. The molecule has 1 N–H and O–H groups in total. The lowest BCUT2D eigenvalue weighted by molar-refractivity contribution is -0.115. The highest BCUT2D eigenvalue weighted by molar-refractivity contribution is 8.00. The maximum absolute atomic E-state index is 12.3. The smallest absolute Gasteiger partial charge is 0.235 e. The van der Waals surface area contributed by atoms with Crippen LogP contribution in [0.4, 0.5) is 5.88 Å². The number of amides is 1. The molecule has 5 nitrogen and oxygen atoms in total. The molecule has 4 rings (SSSR count). The maximum Gasteiger partial charge on any atom is 0.235 e. The first-order chi connectivity index (χ1) is 13.1. The first-order valence-electron chi connectivity index (χ1n) is 8.57. The minimum atomic E-state index is -0.123. The molecule has 0 bridgehead atoms. The molecule has 0 atom stereocenters. The van der Waals surface area contributed by atoms with Gasteiger partial charge in [-0.2, -0.15) is 11.8 Å². The van der Waals surface area contributed by atoms with Crippen molar-refractivity contribution in [3.63, 3.8) is 0 Å². The molecule has 0 spiro atoms. The minimum absolute atomic E-state index is 0.123. The molecule has 8 heteroatoms. The van der Waals surface area contributed by atoms with Crippen LogP contribution in [0.5, 0.6) is 0 Å². The van der Waals surface area contributed by atoms with Crippen LogP contribution in [0.25, 0.3) is 0 Å². The number of rotatable bonds is 6. The Morgan fingerprint density at radius 1 is 1.33 bits per heavy atom. The fourth-order valence-electron chi connectivity index (χ4n) is 2.82. The number of carbonyl (C=O) groups excluding carboxylic acids is 1. The van der Waals surface area contributed by atoms with E-state index in [4.69, 9.17) is 4.52 Å². The molecule has 27 heavy (non-hydrogen) atoms. The number of hydrogen-bond acceptors (Lipinski definition) is 7. The summed E-state index contributed by atoms with van der Waals surface area (Å²) >= 11 is 5.07. The van der Waals surface area contributed by atoms with Gasteiger partial charge in [-0.3, -0.25) is 10.1 Å². The van der Waals surface area contributed by atoms with Crippen LogP contribution in [0.1, 0.15) is 33.6 Å². The zero-order valence-electron chi connectivity index (χ0n) is 15.1. The molecular weight excluding hydrogens is 398 g/mol. The van der Waals surface area contributed by atoms with E-state index < -0.39 is 0 Å². The number of benzene rings is 1. The third-order valence-corrected chi connectivity index (χ3v) is 7.42. The summed E-state index contributed by atoms with van der Waals surface area (Å²) in [6, 6.07) is 6.51. The summed E-state index contributed by atoms with van der Waals surface area (Å²) in [6.45, 7) is 4.24. The lowest BCUT2D eigenvalue weighted by Gasteiger charge is -2.05. The summed E-state index contributed by atoms with van der Waals surface area (Å²) < 4.78 is 6.22. The molecule has 1 aromatic carbocycles. The Kier molecular flexibility index (Phi) is 5.56. The van der Waals surface area contributed by atoms with Crippen LogP contribution in [0.2, 0.25) is 0 Å². The van der Waals surface area contributed by atoms with Gasteiger partial charge in [0.2, 0.25) is 11.8 Å². The molecule has 0 saturated heterocycles. The number of hydrogen-bond donors (Lipinski definition) is 1. The maximum atomic E-state index is 12.3. The van der Waals surface area contributed by atoms with Crippen LogP contribution in [-0.4, -0.2) is 16.0 Å². The second-order valence-electron chi connectivity index (χ2n) is 6.48. The van der Waals surface area contributed by atoms with Crippen LogP contribution in [0.15, 0.2) is 32.4 Å². The van der Waals surface area contributed by atoms with Gasteiger partial charge in [0.25, 0.3) is 0 Å². The molecule has 140 valence electrons. The van der Waals surface area contributed by atoms with Gasteiger partial charge in [0, 0.05) is 22.6 Å². The fourth-order valence-corrected chi connectivity index (χ4v) is 5.75. The Balaban J connectivity index is 1.33. The quantitative estimate of drug-likeness (QED) is 0.571. The van der Waals surface area contributed by atoms with E-state index in [0.717, 1.165) is 38.5 Å². The van der Waals surface area contributed by atoms with Crippen molar-refractivity contribution in [2.24, 2.45) is 0 Å². The van der Waals surface area contributed by atoms with Gasteiger partial charge in [-0.15, -0.1) is 11.3 Å². The van der Waals surface area contributed by atoms with Crippen molar-refractivity contribution in [1.29, 1.82) is 0 Å². The van der Waals surface area contributed by atoms with Gasteiger partial charge in [0.1, 0.15) is 4.34 Å². The van der Waals surface area contributed by atoms with E-state index in [1.54, 1.807) is 34.9 Å². The Morgan fingerprint density at radius 2 is 2.22 bits per heavy atom. The zero-order chi connectivity index (χ0) is 18.8. The average Bonchev–Trinajstić information content (AvgIpc) is 3.35. The average molecular weight is 418 g/mol. The molecule has 2 aromatic heterocycles. The molecule has 0 saturated carbocycles. The molecule has 0 aliphatic carbocycles. The molecule has 1 amide bonds. The van der Waals surface area contributed by atoms with E-state index in [1.165, 1.54) is 16.7 Å². The molecule has 0 unspecified atom stereocenters. The van der Waals surface area contributed by atoms with Crippen LogP contribution in [0.3, 0.4) is 0 Å². The third-order valence-electron chi connectivity index (χ3n) is 4.34. The topological polar surface area (TPSA) is 68.0 Å². The van der Waals surface area contributed by atoms with E-state index in [2.05, 4.69) is 47.5 Å². The second-order valence-corrected chi connectivity index (χ2v) is 9.54. The Morgan fingerprint density at radius 3 is 3.11 bits per heavy atom. The van der Waals surface area contributed by atoms with Gasteiger partial charge in [-0.25, -0.2) is 4.98 Å².